The van der Waals surface area contributed by atoms with E-state index in [1.807, 2.05) is 45.0 Å². The summed E-state index contributed by atoms with van der Waals surface area (Å²) in [6.07, 6.45) is 5.31. The summed E-state index contributed by atoms with van der Waals surface area (Å²) in [6, 6.07) is -0.0602. The Kier molecular flexibility index (Phi) is 14.0. The van der Waals surface area contributed by atoms with Crippen LogP contribution in [0.2, 0.25) is 0 Å². The number of hydrazine groups is 1. The molecule has 0 atom stereocenters. The van der Waals surface area contributed by atoms with Crippen LogP contribution in [0.3, 0.4) is 0 Å². The molecule has 0 aromatic carbocycles. The summed E-state index contributed by atoms with van der Waals surface area (Å²) < 4.78 is 0. The molecule has 4 aliphatic rings. The molecule has 5 N–H and O–H groups in total. The fourth-order valence-corrected chi connectivity index (χ4v) is 2.41. The lowest BCUT2D eigenvalue weighted by Gasteiger charge is -2.12. The summed E-state index contributed by atoms with van der Waals surface area (Å²) in [7, 11) is 3.69. The predicted octanol–water partition coefficient (Wildman–Crippen LogP) is 3.11. The molecule has 2 amide bonds. The summed E-state index contributed by atoms with van der Waals surface area (Å²) in [5.41, 5.74) is 11.9. The molecule has 37 heavy (non-hydrogen) atoms. The number of aromatic nitrogens is 3. The van der Waals surface area contributed by atoms with Crippen molar-refractivity contribution >= 4 is 11.9 Å². The maximum Gasteiger partial charge on any atom is 0.321 e. The van der Waals surface area contributed by atoms with Crippen LogP contribution >= 0.6 is 0 Å². The van der Waals surface area contributed by atoms with Crippen molar-refractivity contribution in [2.45, 2.75) is 35.1 Å². The second-order valence-corrected chi connectivity index (χ2v) is 7.72. The second-order valence-electron chi connectivity index (χ2n) is 7.72. The molecule has 0 aliphatic carbocycles. The Hall–Kier alpha value is -4.68. The molecule has 0 spiro atoms. The third-order valence-electron chi connectivity index (χ3n) is 4.15. The van der Waals surface area contributed by atoms with Gasteiger partial charge in [-0.2, -0.15) is 10.1 Å². The maximum absolute atomic E-state index is 10.5. The van der Waals surface area contributed by atoms with Crippen molar-refractivity contribution in [1.82, 2.24) is 46.8 Å². The van der Waals surface area contributed by atoms with Gasteiger partial charge in [-0.3, -0.25) is 15.5 Å². The van der Waals surface area contributed by atoms with E-state index >= 15 is 0 Å². The highest BCUT2D eigenvalue weighted by Gasteiger charge is 2.17. The van der Waals surface area contributed by atoms with Gasteiger partial charge in [0, 0.05) is 37.3 Å². The third kappa shape index (κ3) is 13.7. The van der Waals surface area contributed by atoms with Crippen LogP contribution in [0.15, 0.2) is 84.2 Å². The van der Waals surface area contributed by atoms with E-state index in [-0.39, 0.29) is 13.5 Å². The number of H-pyrrole nitrogens is 1. The zero-order valence-electron chi connectivity index (χ0n) is 21.7. The number of aromatic amines is 1. The summed E-state index contributed by atoms with van der Waals surface area (Å²) >= 11 is 0. The number of hydroxylamine groups is 2. The fourth-order valence-electron chi connectivity index (χ4n) is 2.41. The van der Waals surface area contributed by atoms with Gasteiger partial charge in [0.25, 0.3) is 0 Å². The van der Waals surface area contributed by atoms with Crippen LogP contribution in [0, 0.1) is 6.92 Å². The monoisotopic (exact) mass is 516 g/mol. The van der Waals surface area contributed by atoms with Crippen LogP contribution in [-0.4, -0.2) is 57.6 Å². The molecule has 0 bridgehead atoms. The Morgan fingerprint density at radius 1 is 0.973 bits per heavy atom. The lowest BCUT2D eigenvalue weighted by Crippen LogP contribution is -2.24. The van der Waals surface area contributed by atoms with Crippen LogP contribution in [0.4, 0.5) is 4.79 Å². The Bertz CT molecular complexity index is 1010. The highest BCUT2D eigenvalue weighted by atomic mass is 16.7. The van der Waals surface area contributed by atoms with Crippen molar-refractivity contribution in [3.05, 3.63) is 85.0 Å². The van der Waals surface area contributed by atoms with Crippen molar-refractivity contribution in [2.75, 3.05) is 20.6 Å². The summed E-state index contributed by atoms with van der Waals surface area (Å²) in [6.45, 7) is 22.5. The van der Waals surface area contributed by atoms with E-state index in [1.165, 1.54) is 12.0 Å². The summed E-state index contributed by atoms with van der Waals surface area (Å²) in [5, 5.41) is 10.7. The summed E-state index contributed by atoms with van der Waals surface area (Å²) in [5.74, 6) is 2.91. The van der Waals surface area contributed by atoms with Crippen molar-refractivity contribution in [3.63, 3.8) is 0 Å². The lowest BCUT2D eigenvalue weighted by atomic mass is 10.4. The smallest absolute Gasteiger partial charge is 0.321 e. The number of hydrogen-bond donors (Lipinski definition) is 5. The van der Waals surface area contributed by atoms with Crippen molar-refractivity contribution in [2.24, 2.45) is 4.99 Å². The van der Waals surface area contributed by atoms with E-state index in [4.69, 9.17) is 4.84 Å². The lowest BCUT2D eigenvalue weighted by molar-refractivity contribution is 0.157. The number of aryl methyl sites for hydroxylation is 1. The standard InChI is InChI=1S/C6H10N2.C5H8N2O.C5H7NO.C4H6N2O.C3H5N3.CH4/c1-5-4-6(2)8(3)7-5;1-4-3-7(2)5(8)6-4;1-4-3-5(2)7-6-4;1-3-5-4(2)7-6-3;1-3-4-2-5-6-3;/h4,7H,1H2,2-3H3;1,3H2,2H3,(H,6,8);3,6H,1H2,2H3;2H2,1H3,(H,5,6);2H,1H3,(H,4,5,6);1H4. The molecule has 0 unspecified atom stereocenters. The minimum Gasteiger partial charge on any atom is -0.387 e. The third-order valence-corrected chi connectivity index (χ3v) is 4.15. The van der Waals surface area contributed by atoms with Crippen LogP contribution < -0.4 is 21.7 Å². The van der Waals surface area contributed by atoms with E-state index in [1.54, 1.807) is 18.9 Å². The summed E-state index contributed by atoms with van der Waals surface area (Å²) in [4.78, 5) is 29.0. The number of nitrogens with one attached hydrogen (secondary N) is 5. The molecule has 1 aromatic rings. The molecule has 13 nitrogen and oxygen atoms in total. The van der Waals surface area contributed by atoms with Gasteiger partial charge in [0.15, 0.2) is 0 Å². The first-order valence-electron chi connectivity index (χ1n) is 10.7. The average molecular weight is 517 g/mol. The number of amidine groups is 1. The van der Waals surface area contributed by atoms with Crippen molar-refractivity contribution in [3.8, 4) is 0 Å². The van der Waals surface area contributed by atoms with Crippen LogP contribution in [-0.2, 0) is 9.68 Å². The van der Waals surface area contributed by atoms with Gasteiger partial charge in [-0.25, -0.2) is 20.7 Å². The SMILES string of the molecule is C.C=C1C=C(C)N(C)N1.C=C1C=C(C)ON1.C=C1CN(C)C(=O)N1.C=C1N=C(C)NO1.Cc1ncn[nH]1. The molecule has 13 heteroatoms. The van der Waals surface area contributed by atoms with Crippen LogP contribution in [0.1, 0.15) is 34.0 Å². The zero-order valence-corrected chi connectivity index (χ0v) is 21.7. The van der Waals surface area contributed by atoms with Gasteiger partial charge in [0.2, 0.25) is 5.88 Å². The van der Waals surface area contributed by atoms with E-state index in [0.717, 1.165) is 34.5 Å². The molecule has 0 radical (unpaired) electrons. The van der Waals surface area contributed by atoms with Gasteiger partial charge in [0.05, 0.1) is 12.2 Å². The van der Waals surface area contributed by atoms with E-state index < -0.39 is 0 Å². The number of rotatable bonds is 0. The highest BCUT2D eigenvalue weighted by Crippen LogP contribution is 2.08. The molecule has 1 aromatic heterocycles. The molecular formula is C24H40N10O3. The molecule has 5 rings (SSSR count). The highest BCUT2D eigenvalue weighted by molar-refractivity contribution is 5.80. The Labute approximate surface area is 219 Å². The quantitative estimate of drug-likeness (QED) is 0.351. The Balaban J connectivity index is 0.000000436. The Morgan fingerprint density at radius 3 is 1.78 bits per heavy atom. The number of urea groups is 1. The number of hydrogen-bond acceptors (Lipinski definition) is 10. The molecule has 204 valence electrons. The van der Waals surface area contributed by atoms with Crippen molar-refractivity contribution < 1.29 is 14.5 Å². The normalized spacial score (nSPS) is 16.4. The number of aliphatic imine (C=N–C) groups is 1. The zero-order chi connectivity index (χ0) is 27.3. The van der Waals surface area contributed by atoms with E-state index in [9.17, 15) is 4.79 Å². The second kappa shape index (κ2) is 16.1. The topological polar surface area (TPSA) is 144 Å². The molecule has 1 saturated heterocycles. The fraction of sp³-hybridized carbons (Fsp3) is 0.333. The first kappa shape index (κ1) is 32.3. The average Bonchev–Trinajstić information content (AvgIpc) is 3.60. The molecule has 5 heterocycles. The molecular weight excluding hydrogens is 476 g/mol. The molecule has 0 saturated carbocycles. The van der Waals surface area contributed by atoms with Gasteiger partial charge in [-0.1, -0.05) is 27.2 Å². The number of amides is 2. The van der Waals surface area contributed by atoms with E-state index in [2.05, 4.69) is 73.0 Å². The number of allylic oxidation sites excluding steroid dienone is 4. The minimum atomic E-state index is -0.0602. The number of carbonyl (C=O) groups excluding carboxylic acids is 1. The van der Waals surface area contributed by atoms with Gasteiger partial charge in [0.1, 0.15) is 23.7 Å². The van der Waals surface area contributed by atoms with Crippen LogP contribution in [0.25, 0.3) is 0 Å². The van der Waals surface area contributed by atoms with Gasteiger partial charge in [-0.05, 0) is 40.3 Å². The van der Waals surface area contributed by atoms with Gasteiger partial charge in [-0.15, -0.1) is 0 Å². The number of carbonyl (C=O) groups is 1. The predicted molar refractivity (Wildman–Crippen MR) is 146 cm³/mol. The molecule has 4 aliphatic heterocycles. The van der Waals surface area contributed by atoms with E-state index in [0.29, 0.717) is 12.4 Å². The minimum absolute atomic E-state index is 0. The number of nitrogens with zero attached hydrogens (tertiary/aromatic N) is 5. The molecule has 1 fully saturated rings. The maximum atomic E-state index is 10.5. The first-order chi connectivity index (χ1) is 16.9. The van der Waals surface area contributed by atoms with Gasteiger partial charge >= 0.3 is 6.03 Å². The number of likely N-dealkylation sites (N-methyl/N-ethyl adjacent to an activating group) is 1. The van der Waals surface area contributed by atoms with Crippen LogP contribution in [0.5, 0.6) is 0 Å². The van der Waals surface area contributed by atoms with Gasteiger partial charge < -0.3 is 19.9 Å². The van der Waals surface area contributed by atoms with Crippen molar-refractivity contribution in [1.29, 1.82) is 0 Å². The Morgan fingerprint density at radius 2 is 1.65 bits per heavy atom. The largest absolute Gasteiger partial charge is 0.387 e. The first-order valence-corrected chi connectivity index (χ1v) is 10.7.